The quantitative estimate of drug-likeness (QED) is 0.0450. The van der Waals surface area contributed by atoms with Crippen LogP contribution >= 0.6 is 0 Å². The first-order valence-electron chi connectivity index (χ1n) is 28.2. The van der Waals surface area contributed by atoms with E-state index in [1.54, 1.807) is 111 Å². The summed E-state index contributed by atoms with van der Waals surface area (Å²) in [6.45, 7) is 14.2. The third-order valence-electron chi connectivity index (χ3n) is 16.5. The average Bonchev–Trinajstić information content (AvgIpc) is 1.50. The lowest BCUT2D eigenvalue weighted by Crippen LogP contribution is -2.82. The van der Waals surface area contributed by atoms with Crippen molar-refractivity contribution in [2.24, 2.45) is 22.7 Å². The highest BCUT2D eigenvalue weighted by atomic mass is 16.6. The van der Waals surface area contributed by atoms with Crippen LogP contribution in [0.1, 0.15) is 123 Å². The molecular weight excluding hydrogens is 1090 g/mol. The number of carbonyl (C=O) groups is 9. The van der Waals surface area contributed by atoms with E-state index in [2.05, 4.69) is 16.0 Å². The molecule has 2 bridgehead atoms. The highest BCUT2D eigenvalue weighted by Crippen LogP contribution is 2.65. The molecule has 4 aliphatic rings. The van der Waals surface area contributed by atoms with Crippen molar-refractivity contribution < 1.29 is 95.6 Å². The number of rotatable bonds is 25. The molecule has 2 aromatic rings. The number of fused-ring (bicyclic) bond motifs is 5. The molecule has 2 saturated carbocycles. The van der Waals surface area contributed by atoms with Crippen molar-refractivity contribution in [3.05, 3.63) is 82.9 Å². The number of amides is 3. The maximum Gasteiger partial charge on any atom is 0.408 e. The molecule has 462 valence electrons. The van der Waals surface area contributed by atoms with E-state index in [1.165, 1.54) is 40.4 Å². The minimum absolute atomic E-state index is 0.0524. The molecule has 1 heterocycles. The van der Waals surface area contributed by atoms with Crippen molar-refractivity contribution in [3.63, 3.8) is 0 Å². The van der Waals surface area contributed by atoms with Gasteiger partial charge in [-0.15, -0.1) is 0 Å². The van der Waals surface area contributed by atoms with Crippen LogP contribution in [0, 0.1) is 22.7 Å². The fourth-order valence-corrected chi connectivity index (χ4v) is 12.4. The molecule has 6 rings (SSSR count). The number of esters is 4. The number of hydrogen-bond donors (Lipinski definition) is 4. The molecule has 23 heteroatoms. The van der Waals surface area contributed by atoms with Gasteiger partial charge in [0, 0.05) is 59.0 Å². The Morgan fingerprint density at radius 1 is 0.833 bits per heavy atom. The van der Waals surface area contributed by atoms with Gasteiger partial charge in [-0.1, -0.05) is 76.2 Å². The monoisotopic (exact) mass is 1180 g/mol. The molecule has 4 N–H and O–H groups in total. The predicted molar refractivity (Wildman–Crippen MR) is 298 cm³/mol. The number of ether oxygens (including phenoxy) is 10. The van der Waals surface area contributed by atoms with E-state index in [1.807, 2.05) is 0 Å². The van der Waals surface area contributed by atoms with E-state index in [0.29, 0.717) is 19.4 Å². The highest BCUT2D eigenvalue weighted by molar-refractivity contribution is 5.95. The maximum absolute atomic E-state index is 15.9. The van der Waals surface area contributed by atoms with Crippen LogP contribution in [-0.4, -0.2) is 172 Å². The standard InChI is InChI=1S/C61H83N3O20/c1-34(2)48(69)39(26-20-21-27-62-43(66)30-75-11)63-44(67)31-78-32-45(68)81-50(47(37-22-16-14-17-23-37)64-56(73)84-57(5,6)7)55(72)80-40-29-61(74)53(82-54(71)38-24-18-15-19-25-38)51-59(10,52(70)49(77-13)46(35(40)3)58(61,8)9)41(76-12)28-42-60(51,33-79-42)83-36(4)65/h14-19,22-25,34,39-42,47,49-51,53,74H,20-21,26-33H2,1-13H3,(H,62,66)(H,63,67)(H,64,73)/t39?,40-,41-,42?,47-,49+,50?,51?,53-,59+,60-,61+/m0/s1. The summed E-state index contributed by atoms with van der Waals surface area (Å²) < 4.78 is 59.5. The zero-order valence-corrected chi connectivity index (χ0v) is 50.3. The number of aliphatic hydroxyl groups is 1. The van der Waals surface area contributed by atoms with Crippen LogP contribution in [-0.2, 0) is 80.9 Å². The Kier molecular flexibility index (Phi) is 21.9. The number of Topliss-reactive ketones (excluding diaryl/α,β-unsaturated/α-hetero) is 2. The third-order valence-corrected chi connectivity index (χ3v) is 16.5. The molecule has 4 unspecified atom stereocenters. The Morgan fingerprint density at radius 2 is 1.49 bits per heavy atom. The van der Waals surface area contributed by atoms with E-state index in [4.69, 9.17) is 47.4 Å². The van der Waals surface area contributed by atoms with Gasteiger partial charge in [-0.05, 0) is 82.7 Å². The molecular formula is C61H83N3O20. The van der Waals surface area contributed by atoms with E-state index >= 15 is 9.59 Å². The summed E-state index contributed by atoms with van der Waals surface area (Å²) in [4.78, 5) is 125. The minimum atomic E-state index is -2.38. The van der Waals surface area contributed by atoms with Gasteiger partial charge in [-0.3, -0.25) is 24.0 Å². The SMILES string of the molecule is COCC(=O)NCCCCC(NC(=O)COCC(=O)OC(C(=O)O[C@H]1C[C@@]2(O)[C@@H](OC(=O)c3ccccc3)C3[C@]4(OC(C)=O)COC4C[C@H](OC)[C@@]3(C)C(=O)[C@H](OC)C(=C1C)C2(C)C)[C@@H](NC(=O)OC(C)(C)C)c1ccccc1)C(=O)C(C)C. The molecule has 3 amide bonds. The second kappa shape index (κ2) is 27.6. The lowest BCUT2D eigenvalue weighted by molar-refractivity contribution is -0.347. The van der Waals surface area contributed by atoms with Gasteiger partial charge in [0.15, 0.2) is 17.2 Å². The number of benzene rings is 2. The normalized spacial score (nSPS) is 27.1. The smallest absolute Gasteiger partial charge is 0.408 e. The summed E-state index contributed by atoms with van der Waals surface area (Å²) in [6, 6.07) is 13.4. The van der Waals surface area contributed by atoms with E-state index in [9.17, 15) is 38.7 Å². The number of unbranched alkanes of at least 4 members (excludes halogenated alkanes) is 1. The zero-order chi connectivity index (χ0) is 62.1. The molecule has 2 aromatic carbocycles. The molecule has 3 aliphatic carbocycles. The van der Waals surface area contributed by atoms with Gasteiger partial charge in [0.05, 0.1) is 35.6 Å². The highest BCUT2D eigenvalue weighted by Gasteiger charge is 2.78. The van der Waals surface area contributed by atoms with Crippen LogP contribution in [0.25, 0.3) is 0 Å². The lowest BCUT2D eigenvalue weighted by atomic mass is 9.44. The fraction of sp³-hybridized carbons (Fsp3) is 0.623. The first-order chi connectivity index (χ1) is 39.5. The van der Waals surface area contributed by atoms with Crippen molar-refractivity contribution in [3.8, 4) is 0 Å². The molecule has 12 atom stereocenters. The average molecular weight is 1180 g/mol. The maximum atomic E-state index is 15.9. The number of methoxy groups -OCH3 is 3. The second-order valence-corrected chi connectivity index (χ2v) is 23.9. The van der Waals surface area contributed by atoms with Gasteiger partial charge in [0.2, 0.25) is 17.9 Å². The number of alkyl carbamates (subject to hydrolysis) is 1. The third kappa shape index (κ3) is 14.4. The lowest BCUT2D eigenvalue weighted by Gasteiger charge is -2.67. The second-order valence-electron chi connectivity index (χ2n) is 23.9. The van der Waals surface area contributed by atoms with Gasteiger partial charge >= 0.3 is 30.0 Å². The van der Waals surface area contributed by atoms with Crippen LogP contribution < -0.4 is 16.0 Å². The van der Waals surface area contributed by atoms with E-state index in [-0.39, 0.29) is 60.0 Å². The number of hydrogen-bond acceptors (Lipinski definition) is 20. The number of nitrogens with one attached hydrogen (secondary N) is 3. The van der Waals surface area contributed by atoms with Crippen LogP contribution in [0.15, 0.2) is 71.8 Å². The Hall–Kier alpha value is -6.63. The largest absolute Gasteiger partial charge is 0.455 e. The summed E-state index contributed by atoms with van der Waals surface area (Å²) in [5.74, 6) is -7.91. The fourth-order valence-electron chi connectivity index (χ4n) is 12.4. The van der Waals surface area contributed by atoms with Gasteiger partial charge < -0.3 is 68.4 Å². The van der Waals surface area contributed by atoms with Gasteiger partial charge in [0.1, 0.15) is 61.5 Å². The molecule has 84 heavy (non-hydrogen) atoms. The minimum Gasteiger partial charge on any atom is -0.455 e. The molecule has 1 aliphatic heterocycles. The first kappa shape index (κ1) is 66.5. The number of ketones is 2. The van der Waals surface area contributed by atoms with Crippen molar-refractivity contribution >= 4 is 53.4 Å². The molecule has 0 aromatic heterocycles. The van der Waals surface area contributed by atoms with E-state index < -0.39 is 149 Å². The molecule has 23 nitrogen and oxygen atoms in total. The summed E-state index contributed by atoms with van der Waals surface area (Å²) in [6.07, 6.45) is -9.15. The topological polar surface area (TPSA) is 302 Å². The van der Waals surface area contributed by atoms with Crippen LogP contribution in [0.4, 0.5) is 4.79 Å². The van der Waals surface area contributed by atoms with E-state index in [0.717, 1.165) is 0 Å². The summed E-state index contributed by atoms with van der Waals surface area (Å²) in [7, 11) is 4.11. The van der Waals surface area contributed by atoms with Gasteiger partial charge in [-0.2, -0.15) is 0 Å². The Labute approximate surface area is 490 Å². The summed E-state index contributed by atoms with van der Waals surface area (Å²) in [5, 5.41) is 22.1. The van der Waals surface area contributed by atoms with Crippen LogP contribution in [0.5, 0.6) is 0 Å². The zero-order valence-electron chi connectivity index (χ0n) is 50.3. The van der Waals surface area contributed by atoms with Crippen LogP contribution in [0.2, 0.25) is 0 Å². The van der Waals surface area contributed by atoms with Gasteiger partial charge in [-0.25, -0.2) is 19.2 Å². The predicted octanol–water partition coefficient (Wildman–Crippen LogP) is 4.78. The van der Waals surface area contributed by atoms with Crippen molar-refractivity contribution in [2.75, 3.05) is 54.3 Å². The molecule has 0 radical (unpaired) electrons. The summed E-state index contributed by atoms with van der Waals surface area (Å²) >= 11 is 0. The summed E-state index contributed by atoms with van der Waals surface area (Å²) in [5.41, 5.74) is -7.80. The molecule has 0 spiro atoms. The number of carbonyl (C=O) groups excluding carboxylic acids is 9. The first-order valence-corrected chi connectivity index (χ1v) is 28.2. The van der Waals surface area contributed by atoms with Crippen molar-refractivity contribution in [1.82, 2.24) is 16.0 Å². The molecule has 1 saturated heterocycles. The van der Waals surface area contributed by atoms with Crippen molar-refractivity contribution in [2.45, 2.75) is 167 Å². The Balaban J connectivity index is 1.39. The van der Waals surface area contributed by atoms with Crippen LogP contribution in [0.3, 0.4) is 0 Å². The van der Waals surface area contributed by atoms with Crippen molar-refractivity contribution in [1.29, 1.82) is 0 Å². The Morgan fingerprint density at radius 3 is 2.06 bits per heavy atom. The molecule has 3 fully saturated rings. The Bertz CT molecular complexity index is 2760. The van der Waals surface area contributed by atoms with Gasteiger partial charge in [0.25, 0.3) is 0 Å².